The van der Waals surface area contributed by atoms with Gasteiger partial charge in [-0.3, -0.25) is 19.6 Å². The van der Waals surface area contributed by atoms with Crippen LogP contribution in [0.15, 0.2) is 24.3 Å². The number of benzene rings is 1. The number of fused-ring (bicyclic) bond motifs is 1. The summed E-state index contributed by atoms with van der Waals surface area (Å²) in [6.07, 6.45) is 0. The lowest BCUT2D eigenvalue weighted by atomic mass is 10.0. The number of aryl methyl sites for hydroxylation is 1. The van der Waals surface area contributed by atoms with E-state index in [1.807, 2.05) is 56.9 Å². The van der Waals surface area contributed by atoms with Gasteiger partial charge >= 0.3 is 5.97 Å². The van der Waals surface area contributed by atoms with Crippen LogP contribution in [0.3, 0.4) is 0 Å². The Morgan fingerprint density at radius 2 is 1.68 bits per heavy atom. The summed E-state index contributed by atoms with van der Waals surface area (Å²) in [5, 5.41) is 0.981. The zero-order chi connectivity index (χ0) is 22.4. The van der Waals surface area contributed by atoms with Crippen molar-refractivity contribution in [3.05, 3.63) is 41.1 Å². The Morgan fingerprint density at radius 3 is 2.32 bits per heavy atom. The highest BCUT2D eigenvalue weighted by atomic mass is 16.5. The maximum atomic E-state index is 12.7. The number of nitrogens with zero attached hydrogens (tertiary/aromatic N) is 4. The predicted octanol–water partition coefficient (Wildman–Crippen LogP) is 2.71. The normalized spacial score (nSPS) is 15.2. The van der Waals surface area contributed by atoms with Gasteiger partial charge in [-0.05, 0) is 39.3 Å². The number of aromatic nitrogens is 1. The number of esters is 1. The van der Waals surface area contributed by atoms with Crippen LogP contribution < -0.4 is 0 Å². The van der Waals surface area contributed by atoms with Crippen molar-refractivity contribution in [1.29, 1.82) is 0 Å². The molecule has 1 saturated heterocycles. The summed E-state index contributed by atoms with van der Waals surface area (Å²) in [6.45, 7) is 14.0. The van der Waals surface area contributed by atoms with Gasteiger partial charge in [-0.25, -0.2) is 4.79 Å². The van der Waals surface area contributed by atoms with Crippen molar-refractivity contribution in [1.82, 2.24) is 19.7 Å². The van der Waals surface area contributed by atoms with E-state index in [0.717, 1.165) is 61.4 Å². The molecular formula is C24H34N4O3. The molecule has 3 rings (SSSR count). The molecule has 7 nitrogen and oxygen atoms in total. The van der Waals surface area contributed by atoms with Crippen molar-refractivity contribution in [3.8, 4) is 0 Å². The molecule has 1 aromatic carbocycles. The van der Waals surface area contributed by atoms with Crippen LogP contribution in [0.4, 0.5) is 0 Å². The number of likely N-dealkylation sites (N-methyl/N-ethyl adjacent to an activating group) is 1. The van der Waals surface area contributed by atoms with Crippen LogP contribution >= 0.6 is 0 Å². The fourth-order valence-corrected chi connectivity index (χ4v) is 4.21. The highest BCUT2D eigenvalue weighted by Crippen LogP contribution is 2.25. The fourth-order valence-electron chi connectivity index (χ4n) is 4.21. The molecule has 0 radical (unpaired) electrons. The number of carbonyl (C=O) groups is 2. The lowest BCUT2D eigenvalue weighted by Crippen LogP contribution is -2.49. The molecule has 1 amide bonds. The molecule has 0 aliphatic carbocycles. The number of hydrogen-bond donors (Lipinski definition) is 0. The number of hydrogen-bond acceptors (Lipinski definition) is 6. The molecule has 1 aliphatic heterocycles. The summed E-state index contributed by atoms with van der Waals surface area (Å²) in [7, 11) is 0. The van der Waals surface area contributed by atoms with Crippen molar-refractivity contribution in [2.45, 2.75) is 34.2 Å². The summed E-state index contributed by atoms with van der Waals surface area (Å²) in [5.41, 5.74) is 3.16. The second-order valence-corrected chi connectivity index (χ2v) is 7.91. The van der Waals surface area contributed by atoms with Crippen LogP contribution in [0, 0.1) is 6.92 Å². The van der Waals surface area contributed by atoms with Crippen LogP contribution in [0.2, 0.25) is 0 Å². The van der Waals surface area contributed by atoms with Crippen LogP contribution in [0.5, 0.6) is 0 Å². The number of para-hydroxylation sites is 1. The zero-order valence-electron chi connectivity index (χ0n) is 19.2. The van der Waals surface area contributed by atoms with Gasteiger partial charge in [-0.15, -0.1) is 0 Å². The van der Waals surface area contributed by atoms with Crippen LogP contribution in [0.25, 0.3) is 10.9 Å². The maximum absolute atomic E-state index is 12.7. The first-order valence-corrected chi connectivity index (χ1v) is 11.3. The van der Waals surface area contributed by atoms with Crippen LogP contribution in [-0.2, 0) is 16.1 Å². The third kappa shape index (κ3) is 5.40. The van der Waals surface area contributed by atoms with E-state index in [1.54, 1.807) is 0 Å². The second kappa shape index (κ2) is 10.7. The average molecular weight is 427 g/mol. The van der Waals surface area contributed by atoms with Gasteiger partial charge in [0, 0.05) is 51.2 Å². The number of carbonyl (C=O) groups excluding carboxylic acids is 2. The van der Waals surface area contributed by atoms with Crippen molar-refractivity contribution in [3.63, 3.8) is 0 Å². The van der Waals surface area contributed by atoms with Crippen molar-refractivity contribution < 1.29 is 14.3 Å². The number of ether oxygens (including phenoxy) is 1. The lowest BCUT2D eigenvalue weighted by Gasteiger charge is -2.35. The van der Waals surface area contributed by atoms with Crippen LogP contribution in [-0.4, -0.2) is 84.0 Å². The predicted molar refractivity (Wildman–Crippen MR) is 122 cm³/mol. The molecule has 0 spiro atoms. The first-order chi connectivity index (χ1) is 15.0. The number of amides is 1. The smallest absolute Gasteiger partial charge is 0.340 e. The minimum atomic E-state index is -0.309. The molecule has 0 N–H and O–H groups in total. The molecule has 168 valence electrons. The Kier molecular flexibility index (Phi) is 7.98. The van der Waals surface area contributed by atoms with E-state index in [4.69, 9.17) is 9.72 Å². The van der Waals surface area contributed by atoms with Gasteiger partial charge < -0.3 is 9.64 Å². The van der Waals surface area contributed by atoms with E-state index >= 15 is 0 Å². The fraction of sp³-hybridized carbons (Fsp3) is 0.542. The van der Waals surface area contributed by atoms with Crippen molar-refractivity contribution in [2.75, 3.05) is 52.4 Å². The summed E-state index contributed by atoms with van der Waals surface area (Å²) in [6, 6.07) is 7.91. The molecule has 1 aliphatic rings. The molecular weight excluding hydrogens is 392 g/mol. The lowest BCUT2D eigenvalue weighted by molar-refractivity contribution is -0.132. The largest absolute Gasteiger partial charge is 0.462 e. The number of piperazine rings is 1. The molecule has 0 saturated carbocycles. The minimum Gasteiger partial charge on any atom is -0.462 e. The van der Waals surface area contributed by atoms with Gasteiger partial charge in [0.15, 0.2) is 0 Å². The Balaban J connectivity index is 1.73. The molecule has 31 heavy (non-hydrogen) atoms. The first-order valence-electron chi connectivity index (χ1n) is 11.3. The second-order valence-electron chi connectivity index (χ2n) is 7.91. The molecule has 0 unspecified atom stereocenters. The third-order valence-electron chi connectivity index (χ3n) is 6.02. The van der Waals surface area contributed by atoms with Gasteiger partial charge in [-0.1, -0.05) is 18.2 Å². The average Bonchev–Trinajstić information content (AvgIpc) is 2.76. The molecule has 0 atom stereocenters. The van der Waals surface area contributed by atoms with E-state index in [2.05, 4.69) is 9.80 Å². The molecule has 2 aromatic rings. The summed E-state index contributed by atoms with van der Waals surface area (Å²) in [4.78, 5) is 36.4. The molecule has 1 fully saturated rings. The summed E-state index contributed by atoms with van der Waals surface area (Å²) >= 11 is 0. The minimum absolute atomic E-state index is 0.190. The highest BCUT2D eigenvalue weighted by Gasteiger charge is 2.25. The van der Waals surface area contributed by atoms with E-state index in [9.17, 15) is 9.59 Å². The molecule has 2 heterocycles. The van der Waals surface area contributed by atoms with Gasteiger partial charge in [0.05, 0.1) is 29.9 Å². The van der Waals surface area contributed by atoms with Crippen molar-refractivity contribution in [2.24, 2.45) is 0 Å². The van der Waals surface area contributed by atoms with Gasteiger partial charge in [-0.2, -0.15) is 0 Å². The van der Waals surface area contributed by atoms with Gasteiger partial charge in [0.2, 0.25) is 5.91 Å². The topological polar surface area (TPSA) is 66.0 Å². The highest BCUT2D eigenvalue weighted by molar-refractivity contribution is 5.98. The quantitative estimate of drug-likeness (QED) is 0.605. The monoisotopic (exact) mass is 426 g/mol. The summed E-state index contributed by atoms with van der Waals surface area (Å²) in [5.74, 6) is -0.119. The number of rotatable bonds is 8. The Hall–Kier alpha value is -2.51. The Labute approximate surface area is 185 Å². The SMILES string of the molecule is CCOC(=O)c1c(CN2CCN(CC(=O)N(CC)CC)CC2)nc2ccccc2c1C. The molecule has 7 heteroatoms. The van der Waals surface area contributed by atoms with E-state index < -0.39 is 0 Å². The Morgan fingerprint density at radius 1 is 1.03 bits per heavy atom. The Bertz CT molecular complexity index is 918. The third-order valence-corrected chi connectivity index (χ3v) is 6.02. The van der Waals surface area contributed by atoms with Gasteiger partial charge in [0.25, 0.3) is 0 Å². The molecule has 1 aromatic heterocycles. The number of pyridine rings is 1. The molecule has 0 bridgehead atoms. The van der Waals surface area contributed by atoms with E-state index in [1.165, 1.54) is 0 Å². The van der Waals surface area contributed by atoms with E-state index in [0.29, 0.717) is 25.3 Å². The zero-order valence-corrected chi connectivity index (χ0v) is 19.2. The first kappa shape index (κ1) is 23.2. The summed E-state index contributed by atoms with van der Waals surface area (Å²) < 4.78 is 5.34. The van der Waals surface area contributed by atoms with Crippen LogP contribution in [0.1, 0.15) is 42.4 Å². The van der Waals surface area contributed by atoms with E-state index in [-0.39, 0.29) is 11.9 Å². The van der Waals surface area contributed by atoms with Gasteiger partial charge in [0.1, 0.15) is 0 Å². The maximum Gasteiger partial charge on any atom is 0.340 e. The van der Waals surface area contributed by atoms with Crippen molar-refractivity contribution >= 4 is 22.8 Å². The standard InChI is InChI=1S/C24H34N4O3/c1-5-28(6-2)22(29)17-27-14-12-26(13-15-27)16-21-23(24(30)31-7-3)18(4)19-10-8-9-11-20(19)25-21/h8-11H,5-7,12-17H2,1-4H3.